The molecule has 164 valence electrons. The molecule has 0 aliphatic carbocycles. The molecule has 1 N–H and O–H groups in total. The fraction of sp³-hybridized carbons (Fsp3) is 0.652. The molecule has 0 bridgehead atoms. The average molecular weight is 415 g/mol. The van der Waals surface area contributed by atoms with Crippen molar-refractivity contribution in [2.24, 2.45) is 5.92 Å². The van der Waals surface area contributed by atoms with Crippen molar-refractivity contribution in [2.75, 3.05) is 52.5 Å². The fourth-order valence-electron chi connectivity index (χ4n) is 4.63. The number of rotatable bonds is 5. The summed E-state index contributed by atoms with van der Waals surface area (Å²) in [5, 5.41) is 3.11. The van der Waals surface area contributed by atoms with E-state index in [1.54, 1.807) is 0 Å². The first-order chi connectivity index (χ1) is 14.7. The first kappa shape index (κ1) is 21.1. The van der Waals surface area contributed by atoms with Crippen molar-refractivity contribution in [1.29, 1.82) is 0 Å². The molecule has 30 heavy (non-hydrogen) atoms. The first-order valence-corrected chi connectivity index (χ1v) is 11.4. The maximum Gasteiger partial charge on any atom is 0.319 e. The van der Waals surface area contributed by atoms with E-state index in [-0.39, 0.29) is 17.9 Å². The van der Waals surface area contributed by atoms with E-state index >= 15 is 0 Å². The van der Waals surface area contributed by atoms with Crippen molar-refractivity contribution >= 4 is 11.9 Å². The second kappa shape index (κ2) is 10.3. The average Bonchev–Trinajstić information content (AvgIpc) is 3.33. The molecule has 3 aliphatic rings. The summed E-state index contributed by atoms with van der Waals surface area (Å²) in [5.74, 6) is 0.117. The molecule has 0 spiro atoms. The van der Waals surface area contributed by atoms with Crippen LogP contribution in [0.1, 0.15) is 36.8 Å². The van der Waals surface area contributed by atoms with E-state index < -0.39 is 0 Å². The lowest BCUT2D eigenvalue weighted by molar-refractivity contribution is -0.126. The van der Waals surface area contributed by atoms with Crippen molar-refractivity contribution < 1.29 is 14.3 Å². The summed E-state index contributed by atoms with van der Waals surface area (Å²) in [6, 6.07) is 8.63. The van der Waals surface area contributed by atoms with Gasteiger partial charge in [-0.1, -0.05) is 24.3 Å². The van der Waals surface area contributed by atoms with Gasteiger partial charge in [0.05, 0.1) is 13.2 Å². The molecule has 4 rings (SSSR count). The normalized spacial score (nSPS) is 21.1. The van der Waals surface area contributed by atoms with Crippen molar-refractivity contribution in [3.63, 3.8) is 0 Å². The van der Waals surface area contributed by atoms with Gasteiger partial charge in [-0.15, -0.1) is 0 Å². The highest BCUT2D eigenvalue weighted by Crippen LogP contribution is 2.20. The van der Waals surface area contributed by atoms with Gasteiger partial charge in [-0.25, -0.2) is 4.79 Å². The Hall–Kier alpha value is -2.12. The largest absolute Gasteiger partial charge is 0.379 e. The molecule has 7 nitrogen and oxygen atoms in total. The number of hydrogen-bond donors (Lipinski definition) is 1. The second-order valence-corrected chi connectivity index (χ2v) is 8.66. The van der Waals surface area contributed by atoms with Crippen LogP contribution in [0.3, 0.4) is 0 Å². The summed E-state index contributed by atoms with van der Waals surface area (Å²) in [6.45, 7) is 8.16. The standard InChI is InChI=1S/C23H34N4O3/c28-22(21-6-10-27(11-7-21)23(29)26-8-1-2-9-26)24-17-19-4-3-5-20(16-19)18-25-12-14-30-15-13-25/h3-5,16,21H,1-2,6-15,17-18H2,(H,24,28). The van der Waals surface area contributed by atoms with Crippen molar-refractivity contribution in [1.82, 2.24) is 20.0 Å². The number of piperidine rings is 1. The Morgan fingerprint density at radius 1 is 0.933 bits per heavy atom. The minimum Gasteiger partial charge on any atom is -0.379 e. The van der Waals surface area contributed by atoms with Crippen molar-refractivity contribution in [3.05, 3.63) is 35.4 Å². The first-order valence-electron chi connectivity index (χ1n) is 11.4. The predicted octanol–water partition coefficient (Wildman–Crippen LogP) is 2.06. The Labute approximate surface area is 179 Å². The summed E-state index contributed by atoms with van der Waals surface area (Å²) in [5.41, 5.74) is 2.41. The van der Waals surface area contributed by atoms with Gasteiger partial charge in [0, 0.05) is 58.3 Å². The van der Waals surface area contributed by atoms with Crippen LogP contribution >= 0.6 is 0 Å². The van der Waals surface area contributed by atoms with E-state index in [2.05, 4.69) is 34.5 Å². The van der Waals surface area contributed by atoms with E-state index in [1.165, 1.54) is 5.56 Å². The smallest absolute Gasteiger partial charge is 0.319 e. The van der Waals surface area contributed by atoms with E-state index in [1.807, 2.05) is 9.80 Å². The van der Waals surface area contributed by atoms with Gasteiger partial charge < -0.3 is 19.9 Å². The van der Waals surface area contributed by atoms with Gasteiger partial charge in [-0.3, -0.25) is 9.69 Å². The van der Waals surface area contributed by atoms with Crippen LogP contribution in [0.5, 0.6) is 0 Å². The number of likely N-dealkylation sites (tertiary alicyclic amines) is 2. The van der Waals surface area contributed by atoms with E-state index in [4.69, 9.17) is 4.74 Å². The summed E-state index contributed by atoms with van der Waals surface area (Å²) in [6.07, 6.45) is 3.72. The maximum absolute atomic E-state index is 12.7. The van der Waals surface area contributed by atoms with E-state index in [0.29, 0.717) is 19.6 Å². The molecule has 0 saturated carbocycles. The van der Waals surface area contributed by atoms with Gasteiger partial charge in [-0.05, 0) is 36.8 Å². The Morgan fingerprint density at radius 2 is 1.60 bits per heavy atom. The van der Waals surface area contributed by atoms with Crippen LogP contribution in [0.2, 0.25) is 0 Å². The maximum atomic E-state index is 12.7. The SMILES string of the molecule is O=C(NCc1cccc(CN2CCOCC2)c1)C1CCN(C(=O)N2CCCC2)CC1. The van der Waals surface area contributed by atoms with Gasteiger partial charge in [0.25, 0.3) is 0 Å². The molecule has 0 aromatic heterocycles. The monoisotopic (exact) mass is 414 g/mol. The molecule has 1 aromatic carbocycles. The van der Waals surface area contributed by atoms with E-state index in [9.17, 15) is 9.59 Å². The molecular formula is C23H34N4O3. The van der Waals surface area contributed by atoms with Crippen LogP contribution in [0.4, 0.5) is 4.79 Å². The third-order valence-corrected chi connectivity index (χ3v) is 6.48. The molecule has 3 aliphatic heterocycles. The summed E-state index contributed by atoms with van der Waals surface area (Å²) < 4.78 is 5.42. The number of carbonyl (C=O) groups excluding carboxylic acids is 2. The molecule has 0 unspecified atom stereocenters. The number of amides is 3. The Bertz CT molecular complexity index is 721. The number of nitrogens with zero attached hydrogens (tertiary/aromatic N) is 3. The zero-order valence-corrected chi connectivity index (χ0v) is 17.9. The van der Waals surface area contributed by atoms with Crippen LogP contribution in [0.25, 0.3) is 0 Å². The number of ether oxygens (including phenoxy) is 1. The third kappa shape index (κ3) is 5.52. The molecule has 3 saturated heterocycles. The highest BCUT2D eigenvalue weighted by Gasteiger charge is 2.30. The van der Waals surface area contributed by atoms with Crippen molar-refractivity contribution in [3.8, 4) is 0 Å². The number of carbonyl (C=O) groups is 2. The molecule has 7 heteroatoms. The minimum atomic E-state index is 0.00385. The van der Waals surface area contributed by atoms with Gasteiger partial charge in [0.15, 0.2) is 0 Å². The third-order valence-electron chi connectivity index (χ3n) is 6.48. The number of benzene rings is 1. The molecule has 1 aromatic rings. The van der Waals surface area contributed by atoms with Crippen LogP contribution in [-0.2, 0) is 22.6 Å². The molecule has 0 radical (unpaired) electrons. The minimum absolute atomic E-state index is 0.00385. The number of hydrogen-bond acceptors (Lipinski definition) is 4. The quantitative estimate of drug-likeness (QED) is 0.801. The summed E-state index contributed by atoms with van der Waals surface area (Å²) in [7, 11) is 0. The van der Waals surface area contributed by atoms with Crippen LogP contribution in [0.15, 0.2) is 24.3 Å². The highest BCUT2D eigenvalue weighted by atomic mass is 16.5. The van der Waals surface area contributed by atoms with Crippen LogP contribution < -0.4 is 5.32 Å². The van der Waals surface area contributed by atoms with Crippen LogP contribution in [-0.4, -0.2) is 79.1 Å². The van der Waals surface area contributed by atoms with E-state index in [0.717, 1.165) is 77.2 Å². The fourth-order valence-corrected chi connectivity index (χ4v) is 4.63. The van der Waals surface area contributed by atoms with Gasteiger partial charge >= 0.3 is 6.03 Å². The summed E-state index contributed by atoms with van der Waals surface area (Å²) in [4.78, 5) is 31.4. The highest BCUT2D eigenvalue weighted by molar-refractivity contribution is 5.79. The second-order valence-electron chi connectivity index (χ2n) is 8.66. The topological polar surface area (TPSA) is 65.1 Å². The lowest BCUT2D eigenvalue weighted by Gasteiger charge is -2.34. The van der Waals surface area contributed by atoms with Crippen molar-refractivity contribution in [2.45, 2.75) is 38.8 Å². The number of morpholine rings is 1. The Balaban J connectivity index is 1.21. The van der Waals surface area contributed by atoms with Crippen LogP contribution in [0, 0.1) is 5.92 Å². The molecule has 3 fully saturated rings. The summed E-state index contributed by atoms with van der Waals surface area (Å²) >= 11 is 0. The molecule has 3 amide bonds. The number of urea groups is 1. The van der Waals surface area contributed by atoms with Gasteiger partial charge in [0.2, 0.25) is 5.91 Å². The van der Waals surface area contributed by atoms with Gasteiger partial charge in [0.1, 0.15) is 0 Å². The van der Waals surface area contributed by atoms with Gasteiger partial charge in [-0.2, -0.15) is 0 Å². The lowest BCUT2D eigenvalue weighted by Crippen LogP contribution is -2.47. The molecular weight excluding hydrogens is 380 g/mol. The number of nitrogens with one attached hydrogen (secondary N) is 1. The zero-order chi connectivity index (χ0) is 20.8. The Morgan fingerprint density at radius 3 is 2.33 bits per heavy atom. The predicted molar refractivity (Wildman–Crippen MR) is 115 cm³/mol. The zero-order valence-electron chi connectivity index (χ0n) is 17.9. The lowest BCUT2D eigenvalue weighted by atomic mass is 9.96. The molecule has 0 atom stereocenters. The Kier molecular flexibility index (Phi) is 7.23. The molecule has 3 heterocycles.